The van der Waals surface area contributed by atoms with E-state index >= 15 is 0 Å². The molecular formula is C15H20O. The van der Waals surface area contributed by atoms with E-state index in [1.165, 1.54) is 16.7 Å². The highest BCUT2D eigenvalue weighted by Crippen LogP contribution is 2.21. The first-order valence-corrected chi connectivity index (χ1v) is 5.96. The van der Waals surface area contributed by atoms with Gasteiger partial charge in [-0.1, -0.05) is 38.6 Å². The van der Waals surface area contributed by atoms with Crippen LogP contribution >= 0.6 is 0 Å². The molecule has 0 saturated carbocycles. The Kier molecular flexibility index (Phi) is 4.97. The molecule has 1 heteroatoms. The fraction of sp³-hybridized carbons (Fsp3) is 0.400. The van der Waals surface area contributed by atoms with Gasteiger partial charge in [-0.05, 0) is 41.5 Å². The van der Waals surface area contributed by atoms with Crippen LogP contribution in [0, 0.1) is 0 Å². The fourth-order valence-electron chi connectivity index (χ4n) is 1.90. The van der Waals surface area contributed by atoms with Crippen molar-refractivity contribution in [3.8, 4) is 0 Å². The molecule has 0 radical (unpaired) electrons. The molecule has 86 valence electrons. The minimum absolute atomic E-state index is 0.565. The lowest BCUT2D eigenvalue weighted by Crippen LogP contribution is -1.93. The zero-order valence-electron chi connectivity index (χ0n) is 10.3. The molecule has 16 heavy (non-hydrogen) atoms. The topological polar surface area (TPSA) is 17.1 Å². The van der Waals surface area contributed by atoms with Crippen LogP contribution in [0.15, 0.2) is 24.8 Å². The highest BCUT2D eigenvalue weighted by Gasteiger charge is 2.03. The summed E-state index contributed by atoms with van der Waals surface area (Å²) < 4.78 is 0. The van der Waals surface area contributed by atoms with Crippen LogP contribution in [0.5, 0.6) is 0 Å². The normalized spacial score (nSPS) is 10.1. The average Bonchev–Trinajstić information content (AvgIpc) is 2.34. The van der Waals surface area contributed by atoms with Crippen LogP contribution in [0.1, 0.15) is 43.4 Å². The molecular weight excluding hydrogens is 196 g/mol. The molecule has 0 aromatic heterocycles. The zero-order valence-corrected chi connectivity index (χ0v) is 10.3. The molecule has 1 nitrogen and oxygen atoms in total. The molecule has 1 aromatic carbocycles. The van der Waals surface area contributed by atoms with Crippen LogP contribution in [-0.2, 0) is 17.6 Å². The molecule has 1 aromatic rings. The van der Waals surface area contributed by atoms with Gasteiger partial charge in [-0.15, -0.1) is 0 Å². The third kappa shape index (κ3) is 3.06. The van der Waals surface area contributed by atoms with E-state index in [-0.39, 0.29) is 0 Å². The van der Waals surface area contributed by atoms with Crippen molar-refractivity contribution in [2.75, 3.05) is 0 Å². The highest BCUT2D eigenvalue weighted by molar-refractivity contribution is 5.67. The Morgan fingerprint density at radius 1 is 1.25 bits per heavy atom. The molecule has 0 aliphatic heterocycles. The van der Waals surface area contributed by atoms with Crippen LogP contribution in [0.4, 0.5) is 0 Å². The Morgan fingerprint density at radius 3 is 2.50 bits per heavy atom. The molecule has 0 amide bonds. The third-order valence-corrected chi connectivity index (χ3v) is 2.94. The van der Waals surface area contributed by atoms with Crippen molar-refractivity contribution < 1.29 is 4.79 Å². The van der Waals surface area contributed by atoms with E-state index in [0.29, 0.717) is 6.42 Å². The van der Waals surface area contributed by atoms with Crippen LogP contribution in [0.3, 0.4) is 0 Å². The van der Waals surface area contributed by atoms with Crippen molar-refractivity contribution in [2.24, 2.45) is 0 Å². The lowest BCUT2D eigenvalue weighted by molar-refractivity contribution is -0.107. The number of benzene rings is 1. The summed E-state index contributed by atoms with van der Waals surface area (Å²) in [5.41, 5.74) is 5.04. The molecule has 0 N–H and O–H groups in total. The SMILES string of the molecule is C=C(CCC=O)c1ccc(CC)c(CC)c1. The van der Waals surface area contributed by atoms with Gasteiger partial charge in [0.25, 0.3) is 0 Å². The number of aldehydes is 1. The molecule has 0 unspecified atom stereocenters. The summed E-state index contributed by atoms with van der Waals surface area (Å²) in [6, 6.07) is 6.51. The lowest BCUT2D eigenvalue weighted by Gasteiger charge is -2.10. The van der Waals surface area contributed by atoms with Gasteiger partial charge in [0.05, 0.1) is 0 Å². The van der Waals surface area contributed by atoms with E-state index < -0.39 is 0 Å². The number of hydrogen-bond acceptors (Lipinski definition) is 1. The maximum atomic E-state index is 10.3. The summed E-state index contributed by atoms with van der Waals surface area (Å²) in [6.07, 6.45) is 4.41. The lowest BCUT2D eigenvalue weighted by atomic mass is 9.95. The van der Waals surface area contributed by atoms with E-state index in [4.69, 9.17) is 0 Å². The molecule has 0 fully saturated rings. The number of hydrogen-bond donors (Lipinski definition) is 0. The van der Waals surface area contributed by atoms with E-state index in [9.17, 15) is 4.79 Å². The van der Waals surface area contributed by atoms with Crippen molar-refractivity contribution in [1.82, 2.24) is 0 Å². The largest absolute Gasteiger partial charge is 0.303 e. The Morgan fingerprint density at radius 2 is 1.94 bits per heavy atom. The molecule has 0 aliphatic rings. The second kappa shape index (κ2) is 6.26. The van der Waals surface area contributed by atoms with Crippen molar-refractivity contribution in [2.45, 2.75) is 39.5 Å². The van der Waals surface area contributed by atoms with Crippen LogP contribution in [-0.4, -0.2) is 6.29 Å². The minimum Gasteiger partial charge on any atom is -0.303 e. The second-order valence-corrected chi connectivity index (χ2v) is 4.00. The first-order valence-electron chi connectivity index (χ1n) is 5.96. The number of aryl methyl sites for hydroxylation is 2. The van der Waals surface area contributed by atoms with E-state index in [1.807, 2.05) is 0 Å². The smallest absolute Gasteiger partial charge is 0.120 e. The van der Waals surface area contributed by atoms with Gasteiger partial charge in [0.15, 0.2) is 0 Å². The van der Waals surface area contributed by atoms with Crippen molar-refractivity contribution in [1.29, 1.82) is 0 Å². The zero-order chi connectivity index (χ0) is 12.0. The maximum absolute atomic E-state index is 10.3. The first kappa shape index (κ1) is 12.7. The van der Waals surface area contributed by atoms with Crippen LogP contribution in [0.2, 0.25) is 0 Å². The molecule has 0 atom stereocenters. The predicted molar refractivity (Wildman–Crippen MR) is 69.5 cm³/mol. The van der Waals surface area contributed by atoms with Gasteiger partial charge < -0.3 is 4.79 Å². The van der Waals surface area contributed by atoms with Crippen LogP contribution < -0.4 is 0 Å². The molecule has 0 aliphatic carbocycles. The Hall–Kier alpha value is -1.37. The summed E-state index contributed by atoms with van der Waals surface area (Å²) >= 11 is 0. The standard InChI is InChI=1S/C15H20O/c1-4-13-8-9-15(11-14(13)5-2)12(3)7-6-10-16/h8-11H,3-7H2,1-2H3. The molecule has 0 bridgehead atoms. The number of carbonyl (C=O) groups is 1. The van der Waals surface area contributed by atoms with Gasteiger partial charge in [0.1, 0.15) is 6.29 Å². The van der Waals surface area contributed by atoms with E-state index in [1.54, 1.807) is 0 Å². The van der Waals surface area contributed by atoms with Crippen molar-refractivity contribution in [3.63, 3.8) is 0 Å². The number of rotatable bonds is 6. The highest BCUT2D eigenvalue weighted by atomic mass is 16.1. The molecule has 0 saturated heterocycles. The quantitative estimate of drug-likeness (QED) is 0.661. The number of carbonyl (C=O) groups excluding carboxylic acids is 1. The first-order chi connectivity index (χ1) is 7.72. The predicted octanol–water partition coefficient (Wildman–Crippen LogP) is 3.80. The van der Waals surface area contributed by atoms with Gasteiger partial charge in [-0.25, -0.2) is 0 Å². The van der Waals surface area contributed by atoms with Gasteiger partial charge in [-0.2, -0.15) is 0 Å². The van der Waals surface area contributed by atoms with Crippen molar-refractivity contribution >= 4 is 11.9 Å². The van der Waals surface area contributed by atoms with E-state index in [0.717, 1.165) is 31.1 Å². The Bertz CT molecular complexity index is 377. The second-order valence-electron chi connectivity index (χ2n) is 4.00. The summed E-state index contributed by atoms with van der Waals surface area (Å²) in [4.78, 5) is 10.3. The van der Waals surface area contributed by atoms with Gasteiger partial charge in [0, 0.05) is 6.42 Å². The summed E-state index contributed by atoms with van der Waals surface area (Å²) in [5.74, 6) is 0. The average molecular weight is 216 g/mol. The Balaban J connectivity index is 2.89. The minimum atomic E-state index is 0.565. The van der Waals surface area contributed by atoms with Gasteiger partial charge >= 0.3 is 0 Å². The molecule has 1 rings (SSSR count). The molecule has 0 heterocycles. The summed E-state index contributed by atoms with van der Waals surface area (Å²) in [6.45, 7) is 8.38. The monoisotopic (exact) mass is 216 g/mol. The van der Waals surface area contributed by atoms with Crippen LogP contribution in [0.25, 0.3) is 5.57 Å². The summed E-state index contributed by atoms with van der Waals surface area (Å²) in [5, 5.41) is 0. The molecule has 0 spiro atoms. The maximum Gasteiger partial charge on any atom is 0.120 e. The van der Waals surface area contributed by atoms with E-state index in [2.05, 4.69) is 38.6 Å². The fourth-order valence-corrected chi connectivity index (χ4v) is 1.90. The summed E-state index contributed by atoms with van der Waals surface area (Å²) in [7, 11) is 0. The Labute approximate surface area is 98.2 Å². The van der Waals surface area contributed by atoms with Crippen molar-refractivity contribution in [3.05, 3.63) is 41.5 Å². The van der Waals surface area contributed by atoms with Gasteiger partial charge in [0.2, 0.25) is 0 Å². The number of allylic oxidation sites excluding steroid dienone is 1. The third-order valence-electron chi connectivity index (χ3n) is 2.94. The van der Waals surface area contributed by atoms with Gasteiger partial charge in [-0.3, -0.25) is 0 Å².